The molecule has 3 N–H and O–H groups in total. The lowest BCUT2D eigenvalue weighted by Crippen LogP contribution is -2.07. The minimum atomic E-state index is 0.593. The van der Waals surface area contributed by atoms with Gasteiger partial charge in [0.25, 0.3) is 0 Å². The van der Waals surface area contributed by atoms with Crippen molar-refractivity contribution < 1.29 is 0 Å². The zero-order chi connectivity index (χ0) is 13.1. The molecule has 0 fully saturated rings. The maximum Gasteiger partial charge on any atom is 0.226 e. The molecule has 6 nitrogen and oxygen atoms in total. The second kappa shape index (κ2) is 5.23. The van der Waals surface area contributed by atoms with Gasteiger partial charge in [0.05, 0.1) is 12.9 Å². The van der Waals surface area contributed by atoms with E-state index in [2.05, 4.69) is 42.0 Å². The van der Waals surface area contributed by atoms with E-state index in [1.54, 1.807) is 17.7 Å². The minimum absolute atomic E-state index is 0.593. The van der Waals surface area contributed by atoms with Gasteiger partial charge in [0, 0.05) is 11.4 Å². The number of aromatic nitrogens is 4. The van der Waals surface area contributed by atoms with Gasteiger partial charge in [-0.3, -0.25) is 0 Å². The lowest BCUT2D eigenvalue weighted by atomic mass is 10.4. The Hall–Kier alpha value is -2.15. The van der Waals surface area contributed by atoms with Gasteiger partial charge in [-0.15, -0.1) is 11.3 Å². The van der Waals surface area contributed by atoms with Crippen LogP contribution < -0.4 is 10.6 Å². The summed E-state index contributed by atoms with van der Waals surface area (Å²) in [6, 6.07) is 4.13. The van der Waals surface area contributed by atoms with E-state index in [0.717, 1.165) is 24.4 Å². The first kappa shape index (κ1) is 11.9. The highest BCUT2D eigenvalue weighted by Gasteiger charge is 2.09. The Morgan fingerprint density at radius 2 is 2.26 bits per heavy atom. The molecular formula is C12H14N6S. The molecule has 98 valence electrons. The van der Waals surface area contributed by atoms with Crippen molar-refractivity contribution in [2.75, 3.05) is 17.2 Å². The summed E-state index contributed by atoms with van der Waals surface area (Å²) in [5, 5.41) is 8.49. The molecule has 0 atom stereocenters. The smallest absolute Gasteiger partial charge is 0.226 e. The van der Waals surface area contributed by atoms with Crippen LogP contribution in [0.1, 0.15) is 11.8 Å². The summed E-state index contributed by atoms with van der Waals surface area (Å²) in [4.78, 5) is 17.3. The lowest BCUT2D eigenvalue weighted by molar-refractivity contribution is 1.08. The fraction of sp³-hybridized carbons (Fsp3) is 0.250. The number of fused-ring (bicyclic) bond motifs is 1. The van der Waals surface area contributed by atoms with Gasteiger partial charge in [0.15, 0.2) is 11.5 Å². The topological polar surface area (TPSA) is 78.5 Å². The van der Waals surface area contributed by atoms with Crippen molar-refractivity contribution in [2.24, 2.45) is 0 Å². The molecule has 0 bridgehead atoms. The van der Waals surface area contributed by atoms with Gasteiger partial charge < -0.3 is 15.6 Å². The van der Waals surface area contributed by atoms with Crippen molar-refractivity contribution in [3.63, 3.8) is 0 Å². The zero-order valence-electron chi connectivity index (χ0n) is 10.5. The standard InChI is InChI=1S/C12H14N6S/c1-2-13-12-17-10(9-11(18-12)16-7-15-9)14-6-8-4-3-5-19-8/h3-5,7H,2,6H2,1H3,(H3,13,14,15,16,17,18). The average molecular weight is 274 g/mol. The largest absolute Gasteiger partial charge is 0.363 e. The molecule has 0 saturated carbocycles. The van der Waals surface area contributed by atoms with Gasteiger partial charge in [-0.1, -0.05) is 6.07 Å². The highest BCUT2D eigenvalue weighted by Crippen LogP contribution is 2.20. The molecule has 0 aliphatic carbocycles. The van der Waals surface area contributed by atoms with Crippen LogP contribution in [0.15, 0.2) is 23.8 Å². The van der Waals surface area contributed by atoms with Crippen molar-refractivity contribution in [3.05, 3.63) is 28.7 Å². The number of hydrogen-bond donors (Lipinski definition) is 3. The molecular weight excluding hydrogens is 260 g/mol. The van der Waals surface area contributed by atoms with Crippen molar-refractivity contribution >= 4 is 34.3 Å². The zero-order valence-corrected chi connectivity index (χ0v) is 11.3. The fourth-order valence-electron chi connectivity index (χ4n) is 1.78. The molecule has 0 aromatic carbocycles. The van der Waals surface area contributed by atoms with Crippen LogP contribution in [0.3, 0.4) is 0 Å². The molecule has 0 aliphatic heterocycles. The first-order valence-electron chi connectivity index (χ1n) is 6.08. The molecule has 7 heteroatoms. The predicted molar refractivity (Wildman–Crippen MR) is 77.5 cm³/mol. The Kier molecular flexibility index (Phi) is 3.28. The van der Waals surface area contributed by atoms with E-state index in [1.165, 1.54) is 4.88 Å². The molecule has 3 rings (SSSR count). The molecule has 0 amide bonds. The van der Waals surface area contributed by atoms with Crippen LogP contribution in [0.5, 0.6) is 0 Å². The third-order valence-corrected chi connectivity index (χ3v) is 3.51. The predicted octanol–water partition coefficient (Wildman–Crippen LogP) is 2.46. The quantitative estimate of drug-likeness (QED) is 0.666. The summed E-state index contributed by atoms with van der Waals surface area (Å²) < 4.78 is 0. The highest BCUT2D eigenvalue weighted by atomic mass is 32.1. The fourth-order valence-corrected chi connectivity index (χ4v) is 2.43. The second-order valence-electron chi connectivity index (χ2n) is 3.96. The van der Waals surface area contributed by atoms with Crippen molar-refractivity contribution in [2.45, 2.75) is 13.5 Å². The van der Waals surface area contributed by atoms with Crippen LogP contribution in [0.4, 0.5) is 11.8 Å². The molecule has 0 unspecified atom stereocenters. The highest BCUT2D eigenvalue weighted by molar-refractivity contribution is 7.09. The lowest BCUT2D eigenvalue weighted by Gasteiger charge is -2.07. The Morgan fingerprint density at radius 3 is 3.05 bits per heavy atom. The number of nitrogens with one attached hydrogen (secondary N) is 3. The number of rotatable bonds is 5. The Bertz CT molecular complexity index is 660. The maximum atomic E-state index is 4.46. The second-order valence-corrected chi connectivity index (χ2v) is 4.99. The van der Waals surface area contributed by atoms with E-state index < -0.39 is 0 Å². The van der Waals surface area contributed by atoms with Gasteiger partial charge in [-0.05, 0) is 18.4 Å². The number of aromatic amines is 1. The van der Waals surface area contributed by atoms with Crippen molar-refractivity contribution in [3.8, 4) is 0 Å². The number of anilines is 2. The SMILES string of the molecule is CCNc1nc(NCc2cccs2)c2[nH]cnc2n1. The minimum Gasteiger partial charge on any atom is -0.363 e. The summed E-state index contributed by atoms with van der Waals surface area (Å²) in [5.74, 6) is 1.36. The van der Waals surface area contributed by atoms with Crippen LogP contribution in [0, 0.1) is 0 Å². The summed E-state index contributed by atoms with van der Waals surface area (Å²) in [6.07, 6.45) is 1.63. The third-order valence-electron chi connectivity index (χ3n) is 2.63. The van der Waals surface area contributed by atoms with Crippen LogP contribution in [0.25, 0.3) is 11.2 Å². The van der Waals surface area contributed by atoms with Gasteiger partial charge >= 0.3 is 0 Å². The first-order valence-corrected chi connectivity index (χ1v) is 6.96. The monoisotopic (exact) mass is 274 g/mol. The van der Waals surface area contributed by atoms with E-state index in [9.17, 15) is 0 Å². The van der Waals surface area contributed by atoms with E-state index in [0.29, 0.717) is 11.6 Å². The van der Waals surface area contributed by atoms with Gasteiger partial charge in [-0.25, -0.2) is 4.98 Å². The molecule has 0 aliphatic rings. The van der Waals surface area contributed by atoms with Crippen LogP contribution in [0.2, 0.25) is 0 Å². The van der Waals surface area contributed by atoms with Gasteiger partial charge in [0.2, 0.25) is 5.95 Å². The number of H-pyrrole nitrogens is 1. The molecule has 19 heavy (non-hydrogen) atoms. The Morgan fingerprint density at radius 1 is 1.32 bits per heavy atom. The van der Waals surface area contributed by atoms with Crippen LogP contribution in [-0.4, -0.2) is 26.5 Å². The molecule has 3 aromatic heterocycles. The van der Waals surface area contributed by atoms with E-state index in [1.807, 2.05) is 13.0 Å². The van der Waals surface area contributed by atoms with Crippen molar-refractivity contribution in [1.82, 2.24) is 19.9 Å². The summed E-state index contributed by atoms with van der Waals surface area (Å²) >= 11 is 1.72. The van der Waals surface area contributed by atoms with E-state index in [4.69, 9.17) is 0 Å². The van der Waals surface area contributed by atoms with Gasteiger partial charge in [0.1, 0.15) is 5.52 Å². The summed E-state index contributed by atoms with van der Waals surface area (Å²) in [5.41, 5.74) is 1.50. The molecule has 3 heterocycles. The van der Waals surface area contributed by atoms with Gasteiger partial charge in [-0.2, -0.15) is 9.97 Å². The van der Waals surface area contributed by atoms with Crippen LogP contribution >= 0.6 is 11.3 Å². The first-order chi connectivity index (χ1) is 9.36. The van der Waals surface area contributed by atoms with E-state index in [-0.39, 0.29) is 0 Å². The summed E-state index contributed by atoms with van der Waals surface area (Å²) in [6.45, 7) is 3.53. The summed E-state index contributed by atoms with van der Waals surface area (Å²) in [7, 11) is 0. The Labute approximate surface area is 114 Å². The molecule has 0 saturated heterocycles. The molecule has 0 radical (unpaired) electrons. The van der Waals surface area contributed by atoms with Crippen LogP contribution in [-0.2, 0) is 6.54 Å². The Balaban J connectivity index is 1.89. The van der Waals surface area contributed by atoms with E-state index >= 15 is 0 Å². The molecule has 3 aromatic rings. The average Bonchev–Trinajstić information content (AvgIpc) is 3.07. The molecule has 0 spiro atoms. The number of thiophene rings is 1. The normalized spacial score (nSPS) is 10.8. The van der Waals surface area contributed by atoms with Crippen molar-refractivity contribution in [1.29, 1.82) is 0 Å². The third kappa shape index (κ3) is 2.50. The number of hydrogen-bond acceptors (Lipinski definition) is 6. The number of imidazole rings is 1. The number of nitrogens with zero attached hydrogens (tertiary/aromatic N) is 3. The maximum absolute atomic E-state index is 4.46.